The minimum atomic E-state index is -0.657. The Morgan fingerprint density at radius 1 is 1.36 bits per heavy atom. The second-order valence-electron chi connectivity index (χ2n) is 6.15. The van der Waals surface area contributed by atoms with Crippen LogP contribution in [0.5, 0.6) is 0 Å². The summed E-state index contributed by atoms with van der Waals surface area (Å²) in [5, 5.41) is 3.99. The first-order valence-corrected chi connectivity index (χ1v) is 9.49. The number of hydrogen-bond donors (Lipinski definition) is 0. The minimum absolute atomic E-state index is 0.0318. The van der Waals surface area contributed by atoms with Crippen molar-refractivity contribution in [1.29, 1.82) is 0 Å². The second kappa shape index (κ2) is 8.77. The fourth-order valence-corrected chi connectivity index (χ4v) is 3.56. The topological polar surface area (TPSA) is 127 Å². The van der Waals surface area contributed by atoms with Crippen LogP contribution in [-0.2, 0) is 23.8 Å². The molecule has 0 aliphatic carbocycles. The van der Waals surface area contributed by atoms with E-state index in [1.54, 1.807) is 6.20 Å². The standard InChI is InChI=1S/C16H18IN5O6/c1-9(23)26-6-14-13(28-10(2)24)3-11(5-27-14)21-4-12(17)15(20-16(21)25)22-8-18-7-19-22/h4,7-8,11,13-14H,3,5-6H2,1-2H3/t11-,13-,14+/m0/s1. The summed E-state index contributed by atoms with van der Waals surface area (Å²) in [6.45, 7) is 2.73. The molecule has 1 aliphatic heterocycles. The largest absolute Gasteiger partial charge is 0.463 e. The lowest BCUT2D eigenvalue weighted by Crippen LogP contribution is -2.46. The van der Waals surface area contributed by atoms with Crippen molar-refractivity contribution in [3.63, 3.8) is 0 Å². The van der Waals surface area contributed by atoms with Gasteiger partial charge in [0.2, 0.25) is 0 Å². The molecule has 0 bridgehead atoms. The Morgan fingerprint density at radius 3 is 2.79 bits per heavy atom. The molecule has 150 valence electrons. The second-order valence-corrected chi connectivity index (χ2v) is 7.32. The molecule has 11 nitrogen and oxygen atoms in total. The number of carbonyl (C=O) groups excluding carboxylic acids is 2. The number of halogens is 1. The van der Waals surface area contributed by atoms with Gasteiger partial charge in [0, 0.05) is 26.5 Å². The van der Waals surface area contributed by atoms with Crippen LogP contribution in [0.2, 0.25) is 0 Å². The molecule has 2 aromatic rings. The Hall–Kier alpha value is -2.35. The van der Waals surface area contributed by atoms with Gasteiger partial charge in [-0.15, -0.1) is 0 Å². The van der Waals surface area contributed by atoms with Gasteiger partial charge >= 0.3 is 17.6 Å². The maximum absolute atomic E-state index is 12.6. The van der Waals surface area contributed by atoms with Crippen LogP contribution >= 0.6 is 22.6 Å². The first-order valence-electron chi connectivity index (χ1n) is 8.41. The fourth-order valence-electron chi connectivity index (χ4n) is 2.89. The van der Waals surface area contributed by atoms with Crippen LogP contribution in [-0.4, -0.2) is 61.7 Å². The molecule has 28 heavy (non-hydrogen) atoms. The van der Waals surface area contributed by atoms with Crippen molar-refractivity contribution in [2.75, 3.05) is 13.2 Å². The maximum atomic E-state index is 12.6. The van der Waals surface area contributed by atoms with E-state index in [2.05, 4.69) is 37.7 Å². The molecule has 1 saturated heterocycles. The van der Waals surface area contributed by atoms with E-state index in [0.29, 0.717) is 15.8 Å². The van der Waals surface area contributed by atoms with E-state index >= 15 is 0 Å². The third kappa shape index (κ3) is 4.73. The highest BCUT2D eigenvalue weighted by Crippen LogP contribution is 2.26. The summed E-state index contributed by atoms with van der Waals surface area (Å²) >= 11 is 2.06. The van der Waals surface area contributed by atoms with Crippen LogP contribution in [0.3, 0.4) is 0 Å². The van der Waals surface area contributed by atoms with Crippen LogP contribution in [0.1, 0.15) is 26.3 Å². The van der Waals surface area contributed by atoms with Crippen molar-refractivity contribution in [3.05, 3.63) is 32.9 Å². The molecule has 1 fully saturated rings. The summed E-state index contributed by atoms with van der Waals surface area (Å²) in [7, 11) is 0. The normalized spacial score (nSPS) is 21.9. The van der Waals surface area contributed by atoms with E-state index in [-0.39, 0.29) is 13.2 Å². The minimum Gasteiger partial charge on any atom is -0.463 e. The number of nitrogens with zero attached hydrogens (tertiary/aromatic N) is 5. The first kappa shape index (κ1) is 20.4. The molecule has 0 unspecified atom stereocenters. The summed E-state index contributed by atoms with van der Waals surface area (Å²) in [6, 6.07) is -0.392. The summed E-state index contributed by atoms with van der Waals surface area (Å²) in [4.78, 5) is 43.0. The summed E-state index contributed by atoms with van der Waals surface area (Å²) in [6.07, 6.45) is 3.53. The quantitative estimate of drug-likeness (QED) is 0.417. The molecule has 3 atom stereocenters. The Bertz CT molecular complexity index is 915. The Balaban J connectivity index is 1.82. The van der Waals surface area contributed by atoms with E-state index < -0.39 is 35.9 Å². The van der Waals surface area contributed by atoms with Gasteiger partial charge in [-0.1, -0.05) is 0 Å². The molecule has 2 aromatic heterocycles. The number of esters is 2. The Morgan fingerprint density at radius 2 is 2.14 bits per heavy atom. The van der Waals surface area contributed by atoms with Gasteiger partial charge in [-0.2, -0.15) is 10.1 Å². The predicted octanol–water partition coefficient (Wildman–Crippen LogP) is 0.253. The van der Waals surface area contributed by atoms with E-state index in [1.165, 1.54) is 35.8 Å². The molecular formula is C16H18IN5O6. The molecule has 0 N–H and O–H groups in total. The van der Waals surface area contributed by atoms with Gasteiger partial charge in [0.05, 0.1) is 16.2 Å². The molecule has 0 saturated carbocycles. The molecule has 3 rings (SSSR count). The molecular weight excluding hydrogens is 485 g/mol. The number of ether oxygens (including phenoxy) is 3. The number of carbonyl (C=O) groups is 2. The lowest BCUT2D eigenvalue weighted by molar-refractivity contribution is -0.174. The van der Waals surface area contributed by atoms with Crippen LogP contribution in [0, 0.1) is 3.57 Å². The highest BCUT2D eigenvalue weighted by atomic mass is 127. The van der Waals surface area contributed by atoms with E-state index in [1.807, 2.05) is 0 Å². The van der Waals surface area contributed by atoms with Crippen molar-refractivity contribution in [2.24, 2.45) is 0 Å². The zero-order valence-electron chi connectivity index (χ0n) is 15.1. The predicted molar refractivity (Wildman–Crippen MR) is 102 cm³/mol. The van der Waals surface area contributed by atoms with Crippen molar-refractivity contribution in [1.82, 2.24) is 24.3 Å². The van der Waals surface area contributed by atoms with Crippen molar-refractivity contribution in [2.45, 2.75) is 38.5 Å². The summed E-state index contributed by atoms with van der Waals surface area (Å²) in [5.74, 6) is -0.560. The average molecular weight is 503 g/mol. The molecule has 0 spiro atoms. The van der Waals surface area contributed by atoms with E-state index in [4.69, 9.17) is 14.2 Å². The van der Waals surface area contributed by atoms with Crippen LogP contribution in [0.25, 0.3) is 5.82 Å². The van der Waals surface area contributed by atoms with Crippen LogP contribution < -0.4 is 5.69 Å². The summed E-state index contributed by atoms with van der Waals surface area (Å²) < 4.78 is 19.6. The molecule has 1 aliphatic rings. The van der Waals surface area contributed by atoms with Crippen LogP contribution in [0.4, 0.5) is 0 Å². The van der Waals surface area contributed by atoms with Gasteiger partial charge in [0.1, 0.15) is 31.5 Å². The monoisotopic (exact) mass is 503 g/mol. The molecule has 0 aromatic carbocycles. The Labute approximate surface area is 173 Å². The molecule has 0 radical (unpaired) electrons. The highest BCUT2D eigenvalue weighted by molar-refractivity contribution is 14.1. The van der Waals surface area contributed by atoms with Gasteiger partial charge in [0.15, 0.2) is 5.82 Å². The lowest BCUT2D eigenvalue weighted by Gasteiger charge is -2.35. The lowest BCUT2D eigenvalue weighted by atomic mass is 10.0. The smallest absolute Gasteiger partial charge is 0.349 e. The van der Waals surface area contributed by atoms with E-state index in [9.17, 15) is 14.4 Å². The van der Waals surface area contributed by atoms with Crippen molar-refractivity contribution >= 4 is 34.5 Å². The number of aromatic nitrogens is 5. The number of hydrogen-bond acceptors (Lipinski definition) is 9. The third-order valence-corrected chi connectivity index (χ3v) is 4.87. The van der Waals surface area contributed by atoms with Gasteiger partial charge in [0.25, 0.3) is 0 Å². The third-order valence-electron chi connectivity index (χ3n) is 4.11. The molecule has 3 heterocycles. The SMILES string of the molecule is CC(=O)OC[C@H]1OC[C@@H](n2cc(I)c(-n3cncn3)nc2=O)C[C@@H]1OC(C)=O. The molecule has 0 amide bonds. The Kier molecular flexibility index (Phi) is 6.39. The molecule has 12 heteroatoms. The average Bonchev–Trinajstić information content (AvgIpc) is 3.16. The first-order chi connectivity index (χ1) is 13.3. The maximum Gasteiger partial charge on any atom is 0.349 e. The van der Waals surface area contributed by atoms with Crippen molar-refractivity contribution in [3.8, 4) is 5.82 Å². The van der Waals surface area contributed by atoms with Gasteiger partial charge in [-0.25, -0.2) is 14.5 Å². The van der Waals surface area contributed by atoms with Gasteiger partial charge < -0.3 is 14.2 Å². The van der Waals surface area contributed by atoms with Gasteiger partial charge in [-0.05, 0) is 22.6 Å². The van der Waals surface area contributed by atoms with E-state index in [0.717, 1.165) is 0 Å². The number of rotatable bonds is 5. The van der Waals surface area contributed by atoms with Crippen molar-refractivity contribution < 1.29 is 23.8 Å². The highest BCUT2D eigenvalue weighted by Gasteiger charge is 2.36. The summed E-state index contributed by atoms with van der Waals surface area (Å²) in [5.41, 5.74) is -0.487. The zero-order valence-corrected chi connectivity index (χ0v) is 17.3. The zero-order chi connectivity index (χ0) is 20.3. The van der Waals surface area contributed by atoms with Gasteiger partial charge in [-0.3, -0.25) is 14.2 Å². The van der Waals surface area contributed by atoms with Crippen LogP contribution in [0.15, 0.2) is 23.6 Å². The fraction of sp³-hybridized carbons (Fsp3) is 0.500.